The van der Waals surface area contributed by atoms with E-state index in [1.807, 2.05) is 12.1 Å². The van der Waals surface area contributed by atoms with Crippen LogP contribution in [0.3, 0.4) is 0 Å². The third-order valence-corrected chi connectivity index (χ3v) is 3.14. The van der Waals surface area contributed by atoms with Crippen LogP contribution in [0.15, 0.2) is 29.4 Å². The number of morpholine rings is 1. The van der Waals surface area contributed by atoms with Crippen molar-refractivity contribution in [1.82, 2.24) is 4.90 Å². The fraction of sp³-hybridized carbons (Fsp3) is 0.429. The maximum atomic E-state index is 12.0. The van der Waals surface area contributed by atoms with Crippen molar-refractivity contribution in [2.24, 2.45) is 5.16 Å². The normalized spacial score (nSPS) is 16.1. The maximum absolute atomic E-state index is 12.0. The van der Waals surface area contributed by atoms with Crippen LogP contribution in [0.25, 0.3) is 0 Å². The van der Waals surface area contributed by atoms with Crippen molar-refractivity contribution in [2.75, 3.05) is 32.9 Å². The molecule has 20 heavy (non-hydrogen) atoms. The van der Waals surface area contributed by atoms with E-state index in [-0.39, 0.29) is 12.5 Å². The van der Waals surface area contributed by atoms with Crippen LogP contribution >= 0.6 is 0 Å². The number of amides is 1. The van der Waals surface area contributed by atoms with Crippen LogP contribution in [0.4, 0.5) is 0 Å². The summed E-state index contributed by atoms with van der Waals surface area (Å²) in [5.41, 5.74) is 1.11. The van der Waals surface area contributed by atoms with Crippen LogP contribution in [-0.4, -0.2) is 54.6 Å². The Morgan fingerprint density at radius 3 is 2.80 bits per heavy atom. The molecule has 0 saturated carbocycles. The van der Waals surface area contributed by atoms with Gasteiger partial charge in [-0.05, 0) is 19.1 Å². The van der Waals surface area contributed by atoms with E-state index in [0.29, 0.717) is 43.3 Å². The molecule has 0 aliphatic carbocycles. The average molecular weight is 278 g/mol. The quantitative estimate of drug-likeness (QED) is 0.509. The number of carbonyl (C=O) groups is 1. The lowest BCUT2D eigenvalue weighted by molar-refractivity contribution is -0.137. The van der Waals surface area contributed by atoms with Crippen LogP contribution in [0.5, 0.6) is 5.75 Å². The largest absolute Gasteiger partial charge is 0.483 e. The molecule has 2 rings (SSSR count). The highest BCUT2D eigenvalue weighted by Crippen LogP contribution is 2.19. The number of carbonyl (C=O) groups excluding carboxylic acids is 1. The van der Waals surface area contributed by atoms with Crippen LogP contribution in [0.1, 0.15) is 12.5 Å². The van der Waals surface area contributed by atoms with E-state index in [4.69, 9.17) is 14.7 Å². The van der Waals surface area contributed by atoms with Crippen molar-refractivity contribution in [3.05, 3.63) is 29.8 Å². The van der Waals surface area contributed by atoms with Gasteiger partial charge in [-0.3, -0.25) is 4.79 Å². The number of hydrogen-bond donors (Lipinski definition) is 1. The summed E-state index contributed by atoms with van der Waals surface area (Å²) in [6, 6.07) is 7.16. The van der Waals surface area contributed by atoms with E-state index in [9.17, 15) is 4.79 Å². The summed E-state index contributed by atoms with van der Waals surface area (Å²) >= 11 is 0. The molecule has 1 fully saturated rings. The molecular weight excluding hydrogens is 260 g/mol. The first-order valence-corrected chi connectivity index (χ1v) is 6.48. The van der Waals surface area contributed by atoms with Crippen molar-refractivity contribution in [3.8, 4) is 5.75 Å². The van der Waals surface area contributed by atoms with Crippen LogP contribution in [0.2, 0.25) is 0 Å². The fourth-order valence-electron chi connectivity index (χ4n) is 1.99. The van der Waals surface area contributed by atoms with Crippen LogP contribution in [0, 0.1) is 0 Å². The summed E-state index contributed by atoms with van der Waals surface area (Å²) < 4.78 is 10.8. The second kappa shape index (κ2) is 6.91. The number of ether oxygens (including phenoxy) is 2. The minimum Gasteiger partial charge on any atom is -0.483 e. The predicted molar refractivity (Wildman–Crippen MR) is 73.3 cm³/mol. The van der Waals surface area contributed by atoms with Gasteiger partial charge in [0.1, 0.15) is 5.75 Å². The van der Waals surface area contributed by atoms with Crippen molar-refractivity contribution in [1.29, 1.82) is 0 Å². The lowest BCUT2D eigenvalue weighted by Crippen LogP contribution is -2.43. The van der Waals surface area contributed by atoms with Gasteiger partial charge in [-0.25, -0.2) is 0 Å². The molecule has 1 aliphatic rings. The van der Waals surface area contributed by atoms with Crippen molar-refractivity contribution < 1.29 is 19.5 Å². The van der Waals surface area contributed by atoms with E-state index in [1.165, 1.54) is 0 Å². The molecule has 0 atom stereocenters. The van der Waals surface area contributed by atoms with E-state index < -0.39 is 0 Å². The number of hydrogen-bond acceptors (Lipinski definition) is 5. The molecule has 1 heterocycles. The molecule has 108 valence electrons. The molecule has 1 N–H and O–H groups in total. The second-order valence-electron chi connectivity index (χ2n) is 4.46. The summed E-state index contributed by atoms with van der Waals surface area (Å²) in [5, 5.41) is 12.0. The molecule has 0 unspecified atom stereocenters. The van der Waals surface area contributed by atoms with Gasteiger partial charge >= 0.3 is 0 Å². The zero-order valence-corrected chi connectivity index (χ0v) is 11.4. The fourth-order valence-corrected chi connectivity index (χ4v) is 1.99. The minimum absolute atomic E-state index is 0.0320. The van der Waals surface area contributed by atoms with Gasteiger partial charge in [0.25, 0.3) is 5.91 Å². The molecular formula is C14H18N2O4. The number of rotatable bonds is 4. The Hall–Kier alpha value is -2.08. The molecule has 6 nitrogen and oxygen atoms in total. The Morgan fingerprint density at radius 1 is 1.40 bits per heavy atom. The summed E-state index contributed by atoms with van der Waals surface area (Å²) in [4.78, 5) is 13.7. The van der Waals surface area contributed by atoms with Gasteiger partial charge in [-0.1, -0.05) is 17.3 Å². The Bertz CT molecular complexity index is 496. The van der Waals surface area contributed by atoms with Crippen molar-refractivity contribution >= 4 is 11.6 Å². The topological polar surface area (TPSA) is 71.4 Å². The summed E-state index contributed by atoms with van der Waals surface area (Å²) in [7, 11) is 0. The maximum Gasteiger partial charge on any atom is 0.260 e. The van der Waals surface area contributed by atoms with Crippen molar-refractivity contribution in [3.63, 3.8) is 0 Å². The van der Waals surface area contributed by atoms with Gasteiger partial charge in [0, 0.05) is 18.7 Å². The average Bonchev–Trinajstić information content (AvgIpc) is 2.53. The molecule has 1 saturated heterocycles. The smallest absolute Gasteiger partial charge is 0.260 e. The number of benzene rings is 1. The molecule has 6 heteroatoms. The first-order chi connectivity index (χ1) is 9.72. The number of para-hydroxylation sites is 1. The monoisotopic (exact) mass is 278 g/mol. The molecule has 0 bridgehead atoms. The Kier molecular flexibility index (Phi) is 4.95. The summed E-state index contributed by atoms with van der Waals surface area (Å²) in [6.07, 6.45) is 0. The predicted octanol–water partition coefficient (Wildman–Crippen LogP) is 1.12. The second-order valence-corrected chi connectivity index (χ2v) is 4.46. The number of nitrogens with zero attached hydrogens (tertiary/aromatic N) is 2. The molecule has 1 amide bonds. The Morgan fingerprint density at radius 2 is 2.10 bits per heavy atom. The van der Waals surface area contributed by atoms with Gasteiger partial charge in [-0.15, -0.1) is 0 Å². The molecule has 1 aromatic carbocycles. The number of oxime groups is 1. The first kappa shape index (κ1) is 14.3. The first-order valence-electron chi connectivity index (χ1n) is 6.48. The highest BCUT2D eigenvalue weighted by atomic mass is 16.5. The zero-order valence-electron chi connectivity index (χ0n) is 11.4. The van der Waals surface area contributed by atoms with Gasteiger partial charge < -0.3 is 19.6 Å². The molecule has 1 aromatic rings. The van der Waals surface area contributed by atoms with Gasteiger partial charge in [-0.2, -0.15) is 0 Å². The van der Waals surface area contributed by atoms with Gasteiger partial charge in [0.05, 0.1) is 18.9 Å². The van der Waals surface area contributed by atoms with Gasteiger partial charge in [0.2, 0.25) is 0 Å². The van der Waals surface area contributed by atoms with Crippen LogP contribution < -0.4 is 4.74 Å². The highest BCUT2D eigenvalue weighted by molar-refractivity contribution is 6.00. The van der Waals surface area contributed by atoms with E-state index in [1.54, 1.807) is 24.0 Å². The summed E-state index contributed by atoms with van der Waals surface area (Å²) in [5.74, 6) is 0.464. The minimum atomic E-state index is -0.0679. The van der Waals surface area contributed by atoms with Crippen molar-refractivity contribution in [2.45, 2.75) is 6.92 Å². The zero-order chi connectivity index (χ0) is 14.4. The lowest BCUT2D eigenvalue weighted by Gasteiger charge is -2.26. The third-order valence-electron chi connectivity index (χ3n) is 3.14. The van der Waals surface area contributed by atoms with E-state index >= 15 is 0 Å². The molecule has 1 aliphatic heterocycles. The highest BCUT2D eigenvalue weighted by Gasteiger charge is 2.17. The Labute approximate surface area is 117 Å². The third kappa shape index (κ3) is 3.48. The van der Waals surface area contributed by atoms with E-state index in [0.717, 1.165) is 0 Å². The molecule has 0 spiro atoms. The molecule has 0 aromatic heterocycles. The van der Waals surface area contributed by atoms with E-state index in [2.05, 4.69) is 5.16 Å². The molecule has 0 radical (unpaired) electrons. The SMILES string of the molecule is C/C(=N\O)c1ccccc1OCC(=O)N1CCOCC1. The van der Waals surface area contributed by atoms with Gasteiger partial charge in [0.15, 0.2) is 6.61 Å². The standard InChI is InChI=1S/C14H18N2O4/c1-11(15-18)12-4-2-3-5-13(12)20-10-14(17)16-6-8-19-9-7-16/h2-5,18H,6-10H2,1H3/b15-11+. The lowest BCUT2D eigenvalue weighted by atomic mass is 10.1. The summed E-state index contributed by atoms with van der Waals surface area (Å²) in [6.45, 7) is 3.97. The Balaban J connectivity index is 1.98. The van der Waals surface area contributed by atoms with Crippen LogP contribution in [-0.2, 0) is 9.53 Å².